The van der Waals surface area contributed by atoms with E-state index in [0.29, 0.717) is 11.4 Å². The highest BCUT2D eigenvalue weighted by Gasteiger charge is 2.08. The maximum atomic E-state index is 6.03. The van der Waals surface area contributed by atoms with Gasteiger partial charge in [0, 0.05) is 5.56 Å². The van der Waals surface area contributed by atoms with E-state index in [4.69, 9.17) is 15.2 Å². The van der Waals surface area contributed by atoms with Gasteiger partial charge in [0.1, 0.15) is 11.5 Å². The van der Waals surface area contributed by atoms with Crippen LogP contribution in [0.4, 0.5) is 5.69 Å². The minimum absolute atomic E-state index is 0.111. The highest BCUT2D eigenvalue weighted by Crippen LogP contribution is 2.34. The third-order valence-electron chi connectivity index (χ3n) is 2.79. The summed E-state index contributed by atoms with van der Waals surface area (Å²) in [6.45, 7) is 3.96. The van der Waals surface area contributed by atoms with Crippen LogP contribution in [0.15, 0.2) is 42.5 Å². The molecule has 0 aromatic heterocycles. The van der Waals surface area contributed by atoms with E-state index in [2.05, 4.69) is 0 Å². The number of methoxy groups -OCH3 is 1. The summed E-state index contributed by atoms with van der Waals surface area (Å²) >= 11 is 0. The molecule has 2 aromatic carbocycles. The van der Waals surface area contributed by atoms with Gasteiger partial charge in [0.05, 0.1) is 18.9 Å². The van der Waals surface area contributed by atoms with Crippen LogP contribution in [0.2, 0.25) is 0 Å². The molecule has 2 aromatic rings. The van der Waals surface area contributed by atoms with Gasteiger partial charge in [-0.1, -0.05) is 24.3 Å². The van der Waals surface area contributed by atoms with Gasteiger partial charge in [0.15, 0.2) is 0 Å². The van der Waals surface area contributed by atoms with Crippen LogP contribution in [0.5, 0.6) is 11.5 Å². The Morgan fingerprint density at radius 3 is 2.37 bits per heavy atom. The average molecular weight is 257 g/mol. The van der Waals surface area contributed by atoms with Crippen molar-refractivity contribution in [2.75, 3.05) is 12.8 Å². The van der Waals surface area contributed by atoms with Crippen LogP contribution < -0.4 is 15.2 Å². The van der Waals surface area contributed by atoms with Crippen LogP contribution in [0.1, 0.15) is 13.8 Å². The first-order valence-electron chi connectivity index (χ1n) is 6.31. The number of anilines is 1. The number of para-hydroxylation sites is 1. The molecule has 0 bridgehead atoms. The molecule has 0 amide bonds. The molecule has 0 spiro atoms. The summed E-state index contributed by atoms with van der Waals surface area (Å²) in [4.78, 5) is 0. The first-order valence-corrected chi connectivity index (χ1v) is 6.31. The van der Waals surface area contributed by atoms with Crippen molar-refractivity contribution in [3.05, 3.63) is 42.5 Å². The lowest BCUT2D eigenvalue weighted by atomic mass is 10.0. The van der Waals surface area contributed by atoms with Crippen molar-refractivity contribution in [2.24, 2.45) is 0 Å². The molecule has 0 aliphatic carbocycles. The number of benzene rings is 2. The zero-order chi connectivity index (χ0) is 13.8. The van der Waals surface area contributed by atoms with Gasteiger partial charge in [-0.05, 0) is 37.6 Å². The normalized spacial score (nSPS) is 10.5. The van der Waals surface area contributed by atoms with Crippen LogP contribution in [0.3, 0.4) is 0 Å². The van der Waals surface area contributed by atoms with Gasteiger partial charge >= 0.3 is 0 Å². The maximum Gasteiger partial charge on any atom is 0.142 e. The summed E-state index contributed by atoms with van der Waals surface area (Å²) in [5.74, 6) is 1.55. The molecule has 0 fully saturated rings. The second kappa shape index (κ2) is 5.65. The van der Waals surface area contributed by atoms with Crippen molar-refractivity contribution < 1.29 is 9.47 Å². The quantitative estimate of drug-likeness (QED) is 0.849. The van der Waals surface area contributed by atoms with Crippen LogP contribution in [-0.4, -0.2) is 13.2 Å². The molecule has 0 unspecified atom stereocenters. The minimum Gasteiger partial charge on any atom is -0.496 e. The fourth-order valence-corrected chi connectivity index (χ4v) is 1.96. The van der Waals surface area contributed by atoms with Gasteiger partial charge in [-0.2, -0.15) is 0 Å². The van der Waals surface area contributed by atoms with Gasteiger partial charge in [-0.25, -0.2) is 0 Å². The second-order valence-corrected chi connectivity index (χ2v) is 4.62. The third kappa shape index (κ3) is 2.99. The van der Waals surface area contributed by atoms with E-state index in [-0.39, 0.29) is 6.10 Å². The first kappa shape index (κ1) is 13.3. The van der Waals surface area contributed by atoms with E-state index in [1.54, 1.807) is 7.11 Å². The average Bonchev–Trinajstić information content (AvgIpc) is 2.40. The van der Waals surface area contributed by atoms with Crippen molar-refractivity contribution in [2.45, 2.75) is 20.0 Å². The van der Waals surface area contributed by atoms with Gasteiger partial charge in [-0.3, -0.25) is 0 Å². The lowest BCUT2D eigenvalue weighted by molar-refractivity contribution is 0.244. The number of nitrogens with two attached hydrogens (primary N) is 1. The van der Waals surface area contributed by atoms with Crippen molar-refractivity contribution in [3.8, 4) is 22.6 Å². The van der Waals surface area contributed by atoms with Crippen LogP contribution in [0.25, 0.3) is 11.1 Å². The number of ether oxygens (including phenoxy) is 2. The minimum atomic E-state index is 0.111. The summed E-state index contributed by atoms with van der Waals surface area (Å²) in [5.41, 5.74) is 8.71. The highest BCUT2D eigenvalue weighted by atomic mass is 16.5. The van der Waals surface area contributed by atoms with Crippen molar-refractivity contribution in [3.63, 3.8) is 0 Å². The molecule has 0 aliphatic heterocycles. The number of hydrogen-bond donors (Lipinski definition) is 1. The highest BCUT2D eigenvalue weighted by molar-refractivity contribution is 5.75. The fourth-order valence-electron chi connectivity index (χ4n) is 1.96. The smallest absolute Gasteiger partial charge is 0.142 e. The Balaban J connectivity index is 2.39. The van der Waals surface area contributed by atoms with E-state index < -0.39 is 0 Å². The molecular weight excluding hydrogens is 238 g/mol. The molecule has 0 aliphatic rings. The predicted octanol–water partition coefficient (Wildman–Crippen LogP) is 3.73. The summed E-state index contributed by atoms with van der Waals surface area (Å²) in [6.07, 6.45) is 0.111. The van der Waals surface area contributed by atoms with E-state index in [1.807, 2.05) is 56.3 Å². The zero-order valence-corrected chi connectivity index (χ0v) is 11.5. The molecule has 19 heavy (non-hydrogen) atoms. The standard InChI is InChI=1S/C16H19NO2/c1-11(2)19-16-9-8-12(10-14(16)17)13-6-4-5-7-15(13)18-3/h4-11H,17H2,1-3H3. The van der Waals surface area contributed by atoms with Crippen LogP contribution >= 0.6 is 0 Å². The topological polar surface area (TPSA) is 44.5 Å². The molecule has 0 radical (unpaired) electrons. The Hall–Kier alpha value is -2.16. The van der Waals surface area contributed by atoms with Crippen LogP contribution in [0, 0.1) is 0 Å². The monoisotopic (exact) mass is 257 g/mol. The number of rotatable bonds is 4. The van der Waals surface area contributed by atoms with E-state index in [9.17, 15) is 0 Å². The number of hydrogen-bond acceptors (Lipinski definition) is 3. The molecule has 0 atom stereocenters. The van der Waals surface area contributed by atoms with E-state index >= 15 is 0 Å². The van der Waals surface area contributed by atoms with Crippen molar-refractivity contribution in [1.82, 2.24) is 0 Å². The van der Waals surface area contributed by atoms with Crippen molar-refractivity contribution >= 4 is 5.69 Å². The molecule has 2 rings (SSSR count). The Bertz CT molecular complexity index is 564. The molecule has 0 saturated heterocycles. The van der Waals surface area contributed by atoms with Gasteiger partial charge in [0.25, 0.3) is 0 Å². The second-order valence-electron chi connectivity index (χ2n) is 4.62. The van der Waals surface area contributed by atoms with Gasteiger partial charge < -0.3 is 15.2 Å². The molecule has 0 saturated carbocycles. The first-order chi connectivity index (χ1) is 9.11. The Morgan fingerprint density at radius 2 is 1.74 bits per heavy atom. The largest absolute Gasteiger partial charge is 0.496 e. The molecule has 100 valence electrons. The summed E-state index contributed by atoms with van der Waals surface area (Å²) in [6, 6.07) is 13.7. The molecule has 3 nitrogen and oxygen atoms in total. The third-order valence-corrected chi connectivity index (χ3v) is 2.79. The van der Waals surface area contributed by atoms with Gasteiger partial charge in [-0.15, -0.1) is 0 Å². The molecule has 0 heterocycles. The fraction of sp³-hybridized carbons (Fsp3) is 0.250. The SMILES string of the molecule is COc1ccccc1-c1ccc(OC(C)C)c(N)c1. The molecular formula is C16H19NO2. The lowest BCUT2D eigenvalue weighted by Gasteiger charge is -2.14. The van der Waals surface area contributed by atoms with Gasteiger partial charge in [0.2, 0.25) is 0 Å². The lowest BCUT2D eigenvalue weighted by Crippen LogP contribution is -2.07. The van der Waals surface area contributed by atoms with E-state index in [0.717, 1.165) is 16.9 Å². The Labute approximate surface area is 114 Å². The Morgan fingerprint density at radius 1 is 1.00 bits per heavy atom. The zero-order valence-electron chi connectivity index (χ0n) is 11.5. The predicted molar refractivity (Wildman–Crippen MR) is 78.6 cm³/mol. The molecule has 3 heteroatoms. The Kier molecular flexibility index (Phi) is 3.95. The maximum absolute atomic E-state index is 6.03. The molecule has 2 N–H and O–H groups in total. The summed E-state index contributed by atoms with van der Waals surface area (Å²) in [5, 5.41) is 0. The van der Waals surface area contributed by atoms with E-state index in [1.165, 1.54) is 0 Å². The summed E-state index contributed by atoms with van der Waals surface area (Å²) in [7, 11) is 1.67. The van der Waals surface area contributed by atoms with Crippen molar-refractivity contribution in [1.29, 1.82) is 0 Å². The summed E-state index contributed by atoms with van der Waals surface area (Å²) < 4.78 is 11.0. The van der Waals surface area contributed by atoms with Crippen LogP contribution in [-0.2, 0) is 0 Å². The number of nitrogen functional groups attached to an aromatic ring is 1.